The number of hydrogen-bond acceptors (Lipinski definition) is 6. The first-order valence-electron chi connectivity index (χ1n) is 8.56. The van der Waals surface area contributed by atoms with Gasteiger partial charge >= 0.3 is 5.97 Å². The fourth-order valence-electron chi connectivity index (χ4n) is 2.46. The van der Waals surface area contributed by atoms with Crippen LogP contribution in [0, 0.1) is 13.8 Å². The average Bonchev–Trinajstić information content (AvgIpc) is 2.67. The number of amides is 1. The molecule has 1 heterocycles. The molecule has 0 bridgehead atoms. The van der Waals surface area contributed by atoms with Gasteiger partial charge in [-0.15, -0.1) is 11.8 Å². The molecule has 1 amide bonds. The highest BCUT2D eigenvalue weighted by atomic mass is 32.2. The number of rotatable bonds is 6. The summed E-state index contributed by atoms with van der Waals surface area (Å²) in [5.41, 5.74) is 2.92. The van der Waals surface area contributed by atoms with Gasteiger partial charge in [-0.25, -0.2) is 0 Å². The van der Waals surface area contributed by atoms with Crippen LogP contribution in [0.15, 0.2) is 41.3 Å². The lowest BCUT2D eigenvalue weighted by Crippen LogP contribution is -2.21. The van der Waals surface area contributed by atoms with Crippen LogP contribution in [0.4, 0.5) is 5.69 Å². The van der Waals surface area contributed by atoms with E-state index in [4.69, 9.17) is 14.2 Å². The maximum Gasteiger partial charge on any atom is 0.316 e. The summed E-state index contributed by atoms with van der Waals surface area (Å²) in [7, 11) is 0. The van der Waals surface area contributed by atoms with E-state index in [1.54, 1.807) is 0 Å². The molecule has 0 spiro atoms. The van der Waals surface area contributed by atoms with Gasteiger partial charge in [0.15, 0.2) is 18.1 Å². The second kappa shape index (κ2) is 8.81. The maximum absolute atomic E-state index is 11.9. The monoisotopic (exact) mass is 387 g/mol. The minimum absolute atomic E-state index is 0.108. The molecule has 0 saturated heterocycles. The van der Waals surface area contributed by atoms with Gasteiger partial charge in [0.05, 0.1) is 5.75 Å². The van der Waals surface area contributed by atoms with Crippen molar-refractivity contribution in [2.24, 2.45) is 0 Å². The zero-order chi connectivity index (χ0) is 19.2. The third-order valence-electron chi connectivity index (χ3n) is 4.03. The normalized spacial score (nSPS) is 12.4. The van der Waals surface area contributed by atoms with Crippen LogP contribution in [-0.2, 0) is 14.3 Å². The van der Waals surface area contributed by atoms with Gasteiger partial charge in [0.1, 0.15) is 13.2 Å². The van der Waals surface area contributed by atoms with Gasteiger partial charge < -0.3 is 19.5 Å². The van der Waals surface area contributed by atoms with Crippen LogP contribution in [0.25, 0.3) is 0 Å². The minimum Gasteiger partial charge on any atom is -0.486 e. The van der Waals surface area contributed by atoms with E-state index >= 15 is 0 Å². The lowest BCUT2D eigenvalue weighted by Gasteiger charge is -2.18. The molecular weight excluding hydrogens is 366 g/mol. The molecule has 2 aromatic rings. The molecule has 6 nitrogen and oxygen atoms in total. The number of nitrogens with one attached hydrogen (secondary N) is 1. The molecule has 27 heavy (non-hydrogen) atoms. The van der Waals surface area contributed by atoms with E-state index in [0.29, 0.717) is 30.4 Å². The third-order valence-corrected chi connectivity index (χ3v) is 4.99. The van der Waals surface area contributed by atoms with Crippen molar-refractivity contribution in [3.63, 3.8) is 0 Å². The number of benzene rings is 2. The lowest BCUT2D eigenvalue weighted by molar-refractivity contribution is -0.144. The summed E-state index contributed by atoms with van der Waals surface area (Å²) in [4.78, 5) is 24.7. The summed E-state index contributed by atoms with van der Waals surface area (Å²) in [6.45, 7) is 4.71. The average molecular weight is 387 g/mol. The van der Waals surface area contributed by atoms with Crippen molar-refractivity contribution in [2.45, 2.75) is 18.7 Å². The molecule has 0 radical (unpaired) electrons. The van der Waals surface area contributed by atoms with E-state index in [2.05, 4.69) is 5.32 Å². The van der Waals surface area contributed by atoms with E-state index in [0.717, 1.165) is 16.0 Å². The smallest absolute Gasteiger partial charge is 0.316 e. The summed E-state index contributed by atoms with van der Waals surface area (Å²) in [5.74, 6) is 0.668. The Bertz CT molecular complexity index is 852. The number of thioether (sulfide) groups is 1. The maximum atomic E-state index is 11.9. The summed E-state index contributed by atoms with van der Waals surface area (Å²) in [6.07, 6.45) is 0. The first-order chi connectivity index (χ1) is 13.0. The molecule has 0 unspecified atom stereocenters. The van der Waals surface area contributed by atoms with E-state index in [1.807, 2.05) is 50.2 Å². The molecule has 0 fully saturated rings. The van der Waals surface area contributed by atoms with Crippen LogP contribution in [0.1, 0.15) is 11.1 Å². The zero-order valence-corrected chi connectivity index (χ0v) is 16.1. The Morgan fingerprint density at radius 3 is 2.59 bits per heavy atom. The Labute approximate surface area is 162 Å². The molecule has 0 saturated carbocycles. The summed E-state index contributed by atoms with van der Waals surface area (Å²) >= 11 is 1.32. The van der Waals surface area contributed by atoms with Crippen LogP contribution >= 0.6 is 11.8 Å². The van der Waals surface area contributed by atoms with Gasteiger partial charge in [-0.05, 0) is 55.3 Å². The number of carbonyl (C=O) groups is 2. The number of aryl methyl sites for hydroxylation is 2. The molecule has 1 N–H and O–H groups in total. The summed E-state index contributed by atoms with van der Waals surface area (Å²) < 4.78 is 16.0. The van der Waals surface area contributed by atoms with Crippen molar-refractivity contribution in [1.82, 2.24) is 0 Å². The molecule has 1 aliphatic rings. The van der Waals surface area contributed by atoms with E-state index in [9.17, 15) is 9.59 Å². The standard InChI is InChI=1S/C20H21NO5S/c1-13-3-4-15(9-14(13)2)21-19(22)11-26-20(23)12-27-16-5-6-17-18(10-16)25-8-7-24-17/h3-6,9-10H,7-8,11-12H2,1-2H3,(H,21,22). The van der Waals surface area contributed by atoms with Crippen LogP contribution in [0.5, 0.6) is 11.5 Å². The summed E-state index contributed by atoms with van der Waals surface area (Å²) in [6, 6.07) is 11.1. The Hall–Kier alpha value is -2.67. The second-order valence-corrected chi connectivity index (χ2v) is 7.15. The van der Waals surface area contributed by atoms with Gasteiger partial charge in [-0.2, -0.15) is 0 Å². The zero-order valence-electron chi connectivity index (χ0n) is 15.2. The quantitative estimate of drug-likeness (QED) is 0.605. The number of anilines is 1. The fraction of sp³-hybridized carbons (Fsp3) is 0.300. The topological polar surface area (TPSA) is 73.9 Å². The first kappa shape index (κ1) is 19.1. The SMILES string of the molecule is Cc1ccc(NC(=O)COC(=O)CSc2ccc3c(c2)OCCO3)cc1C. The number of hydrogen-bond donors (Lipinski definition) is 1. The fourth-order valence-corrected chi connectivity index (χ4v) is 3.18. The highest BCUT2D eigenvalue weighted by Gasteiger charge is 2.13. The van der Waals surface area contributed by atoms with Gasteiger partial charge in [0.2, 0.25) is 0 Å². The molecule has 0 aromatic heterocycles. The van der Waals surface area contributed by atoms with Crippen molar-refractivity contribution in [3.8, 4) is 11.5 Å². The van der Waals surface area contributed by atoms with Gasteiger partial charge in [0, 0.05) is 10.6 Å². The van der Waals surface area contributed by atoms with Crippen LogP contribution < -0.4 is 14.8 Å². The highest BCUT2D eigenvalue weighted by Crippen LogP contribution is 2.34. The first-order valence-corrected chi connectivity index (χ1v) is 9.55. The van der Waals surface area contributed by atoms with Crippen molar-refractivity contribution in [2.75, 3.05) is 30.9 Å². The largest absolute Gasteiger partial charge is 0.486 e. The molecule has 0 atom stereocenters. The Balaban J connectivity index is 1.42. The van der Waals surface area contributed by atoms with E-state index in [1.165, 1.54) is 11.8 Å². The number of carbonyl (C=O) groups excluding carboxylic acids is 2. The molecule has 2 aromatic carbocycles. The van der Waals surface area contributed by atoms with Crippen molar-refractivity contribution < 1.29 is 23.8 Å². The Kier molecular flexibility index (Phi) is 6.24. The molecule has 3 rings (SSSR count). The van der Waals surface area contributed by atoms with Gasteiger partial charge in [0.25, 0.3) is 5.91 Å². The van der Waals surface area contributed by atoms with E-state index < -0.39 is 5.97 Å². The van der Waals surface area contributed by atoms with Gasteiger partial charge in [-0.3, -0.25) is 9.59 Å². The lowest BCUT2D eigenvalue weighted by atomic mass is 10.1. The van der Waals surface area contributed by atoms with Gasteiger partial charge in [-0.1, -0.05) is 6.07 Å². The highest BCUT2D eigenvalue weighted by molar-refractivity contribution is 8.00. The van der Waals surface area contributed by atoms with Crippen molar-refractivity contribution in [1.29, 1.82) is 0 Å². The van der Waals surface area contributed by atoms with Crippen LogP contribution in [-0.4, -0.2) is 37.4 Å². The molecule has 1 aliphatic heterocycles. The number of ether oxygens (including phenoxy) is 3. The number of esters is 1. The third kappa shape index (κ3) is 5.40. The Morgan fingerprint density at radius 1 is 1.04 bits per heavy atom. The van der Waals surface area contributed by atoms with Crippen molar-refractivity contribution in [3.05, 3.63) is 47.5 Å². The predicted octanol–water partition coefficient (Wildman–Crippen LogP) is 3.35. The molecule has 142 valence electrons. The Morgan fingerprint density at radius 2 is 1.81 bits per heavy atom. The predicted molar refractivity (Wildman–Crippen MR) is 104 cm³/mol. The molecule has 7 heteroatoms. The minimum atomic E-state index is -0.454. The van der Waals surface area contributed by atoms with E-state index in [-0.39, 0.29) is 18.3 Å². The molecule has 0 aliphatic carbocycles. The molecular formula is C20H21NO5S. The van der Waals surface area contributed by atoms with Crippen LogP contribution in [0.3, 0.4) is 0 Å². The summed E-state index contributed by atoms with van der Waals surface area (Å²) in [5, 5.41) is 2.72. The van der Waals surface area contributed by atoms with Crippen molar-refractivity contribution >= 4 is 29.3 Å². The second-order valence-electron chi connectivity index (χ2n) is 6.10. The van der Waals surface area contributed by atoms with Crippen LogP contribution in [0.2, 0.25) is 0 Å². The number of fused-ring (bicyclic) bond motifs is 1.